The average molecular weight is 312 g/mol. The molecule has 0 radical (unpaired) electrons. The predicted molar refractivity (Wildman–Crippen MR) is 75.4 cm³/mol. The van der Waals surface area contributed by atoms with Crippen molar-refractivity contribution < 1.29 is 0 Å². The van der Waals surface area contributed by atoms with Crippen LogP contribution >= 0.6 is 27.5 Å². The van der Waals surface area contributed by atoms with E-state index in [9.17, 15) is 0 Å². The van der Waals surface area contributed by atoms with Crippen molar-refractivity contribution in [3.63, 3.8) is 0 Å². The fourth-order valence-corrected chi connectivity index (χ4v) is 2.16. The number of nitrogens with one attached hydrogen (secondary N) is 1. The van der Waals surface area contributed by atoms with Crippen LogP contribution in [-0.4, -0.2) is 4.98 Å². The monoisotopic (exact) mass is 310 g/mol. The van der Waals surface area contributed by atoms with Crippen LogP contribution in [0.2, 0.25) is 5.02 Å². The van der Waals surface area contributed by atoms with Gasteiger partial charge in [0.25, 0.3) is 0 Å². The van der Waals surface area contributed by atoms with Crippen LogP contribution in [0.4, 0.5) is 5.69 Å². The van der Waals surface area contributed by atoms with Gasteiger partial charge in [0.15, 0.2) is 0 Å². The van der Waals surface area contributed by atoms with E-state index in [1.807, 2.05) is 24.3 Å². The summed E-state index contributed by atoms with van der Waals surface area (Å²) in [6.45, 7) is 2.09. The highest BCUT2D eigenvalue weighted by molar-refractivity contribution is 9.10. The van der Waals surface area contributed by atoms with Crippen LogP contribution in [-0.2, 0) is 0 Å². The minimum absolute atomic E-state index is 0.185. The van der Waals surface area contributed by atoms with Crippen LogP contribution in [0.3, 0.4) is 0 Å². The van der Waals surface area contributed by atoms with E-state index < -0.39 is 0 Å². The molecule has 1 N–H and O–H groups in total. The Hall–Kier alpha value is -1.06. The molecule has 0 saturated carbocycles. The molecule has 0 bridgehead atoms. The number of pyridine rings is 1. The molecule has 4 heteroatoms. The largest absolute Gasteiger partial charge is 0.377 e. The van der Waals surface area contributed by atoms with Gasteiger partial charge in [0.2, 0.25) is 0 Å². The fourth-order valence-electron chi connectivity index (χ4n) is 1.60. The number of aromatic nitrogens is 1. The summed E-state index contributed by atoms with van der Waals surface area (Å²) in [7, 11) is 0. The molecule has 1 aromatic carbocycles. The van der Waals surface area contributed by atoms with E-state index in [-0.39, 0.29) is 6.04 Å². The van der Waals surface area contributed by atoms with Gasteiger partial charge in [-0.25, -0.2) is 0 Å². The second kappa shape index (κ2) is 5.52. The third-order valence-electron chi connectivity index (χ3n) is 2.44. The first kappa shape index (κ1) is 12.4. The van der Waals surface area contributed by atoms with Crippen molar-refractivity contribution in [2.24, 2.45) is 0 Å². The van der Waals surface area contributed by atoms with Gasteiger partial charge in [-0.1, -0.05) is 23.7 Å². The third kappa shape index (κ3) is 3.45. The van der Waals surface area contributed by atoms with Crippen molar-refractivity contribution in [1.82, 2.24) is 4.98 Å². The standard InChI is InChI=1S/C13H12BrClN2/c1-9(10-3-2-4-12(15)5-10)17-13-6-11(14)7-16-8-13/h2-9,17H,1H3. The Kier molecular flexibility index (Phi) is 4.02. The van der Waals surface area contributed by atoms with Crippen molar-refractivity contribution in [3.8, 4) is 0 Å². The molecule has 0 fully saturated rings. The maximum atomic E-state index is 5.97. The lowest BCUT2D eigenvalue weighted by molar-refractivity contribution is 0.883. The molecule has 17 heavy (non-hydrogen) atoms. The van der Waals surface area contributed by atoms with Crippen LogP contribution in [0.15, 0.2) is 47.2 Å². The van der Waals surface area contributed by atoms with Crippen molar-refractivity contribution in [3.05, 3.63) is 57.8 Å². The lowest BCUT2D eigenvalue weighted by atomic mass is 10.1. The van der Waals surface area contributed by atoms with Crippen molar-refractivity contribution >= 4 is 33.2 Å². The zero-order chi connectivity index (χ0) is 12.3. The van der Waals surface area contributed by atoms with Crippen LogP contribution < -0.4 is 5.32 Å². The molecule has 1 heterocycles. The quantitative estimate of drug-likeness (QED) is 0.891. The Balaban J connectivity index is 2.14. The lowest BCUT2D eigenvalue weighted by Gasteiger charge is -2.15. The van der Waals surface area contributed by atoms with E-state index in [1.165, 1.54) is 0 Å². The summed E-state index contributed by atoms with van der Waals surface area (Å²) in [5.41, 5.74) is 2.13. The van der Waals surface area contributed by atoms with Crippen LogP contribution in [0.1, 0.15) is 18.5 Å². The van der Waals surface area contributed by atoms with Crippen LogP contribution in [0.5, 0.6) is 0 Å². The lowest BCUT2D eigenvalue weighted by Crippen LogP contribution is -2.06. The molecular formula is C13H12BrClN2. The fraction of sp³-hybridized carbons (Fsp3) is 0.154. The van der Waals surface area contributed by atoms with Gasteiger partial charge in [0.1, 0.15) is 0 Å². The van der Waals surface area contributed by atoms with Gasteiger partial charge in [-0.05, 0) is 46.6 Å². The van der Waals surface area contributed by atoms with E-state index in [1.54, 1.807) is 12.4 Å². The number of nitrogens with zero attached hydrogens (tertiary/aromatic N) is 1. The van der Waals surface area contributed by atoms with Gasteiger partial charge in [-0.15, -0.1) is 0 Å². The predicted octanol–water partition coefficient (Wildman–Crippen LogP) is 4.67. The van der Waals surface area contributed by atoms with Gasteiger partial charge in [0.05, 0.1) is 11.9 Å². The highest BCUT2D eigenvalue weighted by Crippen LogP contribution is 2.22. The Labute approximate surface area is 114 Å². The Morgan fingerprint density at radius 1 is 1.29 bits per heavy atom. The number of hydrogen-bond acceptors (Lipinski definition) is 2. The summed E-state index contributed by atoms with van der Waals surface area (Å²) in [5.74, 6) is 0. The molecule has 88 valence electrons. The van der Waals surface area contributed by atoms with E-state index in [2.05, 4.69) is 39.2 Å². The molecule has 0 spiro atoms. The molecule has 0 saturated heterocycles. The number of halogens is 2. The highest BCUT2D eigenvalue weighted by atomic mass is 79.9. The maximum Gasteiger partial charge on any atom is 0.0542 e. The summed E-state index contributed by atoms with van der Waals surface area (Å²) in [4.78, 5) is 4.11. The van der Waals surface area contributed by atoms with E-state index >= 15 is 0 Å². The minimum atomic E-state index is 0.185. The number of anilines is 1. The van der Waals surface area contributed by atoms with Gasteiger partial charge < -0.3 is 5.32 Å². The van der Waals surface area contributed by atoms with Gasteiger partial charge >= 0.3 is 0 Å². The summed E-state index contributed by atoms with van der Waals surface area (Å²) < 4.78 is 0.959. The van der Waals surface area contributed by atoms with E-state index in [4.69, 9.17) is 11.6 Å². The van der Waals surface area contributed by atoms with Crippen LogP contribution in [0, 0.1) is 0 Å². The number of rotatable bonds is 3. The Bertz CT molecular complexity index is 516. The van der Waals surface area contributed by atoms with Gasteiger partial charge in [0, 0.05) is 21.7 Å². The first-order valence-electron chi connectivity index (χ1n) is 5.28. The topological polar surface area (TPSA) is 24.9 Å². The normalized spacial score (nSPS) is 12.2. The minimum Gasteiger partial charge on any atom is -0.377 e. The molecule has 1 unspecified atom stereocenters. The Morgan fingerprint density at radius 2 is 2.12 bits per heavy atom. The summed E-state index contributed by atoms with van der Waals surface area (Å²) in [6, 6.07) is 10.0. The smallest absolute Gasteiger partial charge is 0.0542 e. The van der Waals surface area contributed by atoms with E-state index in [0.29, 0.717) is 0 Å². The second-order valence-electron chi connectivity index (χ2n) is 3.81. The summed E-state index contributed by atoms with van der Waals surface area (Å²) in [6.07, 6.45) is 3.56. The summed E-state index contributed by atoms with van der Waals surface area (Å²) in [5, 5.41) is 4.13. The second-order valence-corrected chi connectivity index (χ2v) is 5.16. The van der Waals surface area contributed by atoms with Crippen LogP contribution in [0.25, 0.3) is 0 Å². The van der Waals surface area contributed by atoms with Gasteiger partial charge in [-0.3, -0.25) is 4.98 Å². The van der Waals surface area contributed by atoms with Crippen molar-refractivity contribution in [1.29, 1.82) is 0 Å². The first-order valence-corrected chi connectivity index (χ1v) is 6.45. The molecule has 0 amide bonds. The molecule has 2 rings (SSSR count). The molecule has 0 aliphatic rings. The summed E-state index contributed by atoms with van der Waals surface area (Å²) >= 11 is 9.37. The average Bonchev–Trinajstić information content (AvgIpc) is 2.29. The molecule has 1 atom stereocenters. The SMILES string of the molecule is CC(Nc1cncc(Br)c1)c1cccc(Cl)c1. The molecular weight excluding hydrogens is 300 g/mol. The number of hydrogen-bond donors (Lipinski definition) is 1. The van der Waals surface area contributed by atoms with Gasteiger partial charge in [-0.2, -0.15) is 0 Å². The number of benzene rings is 1. The molecule has 1 aromatic heterocycles. The molecule has 2 nitrogen and oxygen atoms in total. The zero-order valence-electron chi connectivity index (χ0n) is 9.32. The molecule has 0 aliphatic carbocycles. The van der Waals surface area contributed by atoms with Crippen molar-refractivity contribution in [2.45, 2.75) is 13.0 Å². The van der Waals surface area contributed by atoms with Crippen molar-refractivity contribution in [2.75, 3.05) is 5.32 Å². The first-order chi connectivity index (χ1) is 8.15. The molecule has 0 aliphatic heterocycles. The Morgan fingerprint density at radius 3 is 2.82 bits per heavy atom. The third-order valence-corrected chi connectivity index (χ3v) is 3.11. The zero-order valence-corrected chi connectivity index (χ0v) is 11.7. The molecule has 2 aromatic rings. The maximum absolute atomic E-state index is 5.97. The van der Waals surface area contributed by atoms with E-state index in [0.717, 1.165) is 20.7 Å². The highest BCUT2D eigenvalue weighted by Gasteiger charge is 2.05.